The molecule has 0 aliphatic heterocycles. The maximum atomic E-state index is 11.4. The van der Waals surface area contributed by atoms with Crippen LogP contribution in [0.1, 0.15) is 27.6 Å². The molecule has 0 heterocycles. The van der Waals surface area contributed by atoms with Crippen LogP contribution < -0.4 is 23.7 Å². The van der Waals surface area contributed by atoms with Gasteiger partial charge in [-0.1, -0.05) is 36.4 Å². The Morgan fingerprint density at radius 2 is 0.595 bits per heavy atom. The Labute approximate surface area is 451 Å². The molecule has 0 unspecified atom stereocenters. The first-order chi connectivity index (χ1) is 36.9. The quantitative estimate of drug-likeness (QED) is 0.0168. The summed E-state index contributed by atoms with van der Waals surface area (Å²) in [6.45, 7) is 1.23. The number of phenolic OH excluding ortho intramolecular Hbond substituents is 1. The number of esters is 1. The number of phenols is 1. The highest BCUT2D eigenvalue weighted by molar-refractivity contribution is 7.47. The van der Waals surface area contributed by atoms with Gasteiger partial charge in [-0.15, -0.1) is 0 Å². The topological polar surface area (TPSA) is 464 Å². The minimum absolute atomic E-state index is 0.0101. The van der Waals surface area contributed by atoms with Gasteiger partial charge in [0.25, 0.3) is 0 Å². The van der Waals surface area contributed by atoms with E-state index in [-0.39, 0.29) is 77.4 Å². The third-order valence-electron chi connectivity index (χ3n) is 7.85. The van der Waals surface area contributed by atoms with Crippen LogP contribution in [0, 0.1) is 0 Å². The number of hydrogen-bond donors (Lipinski definition) is 12. The van der Waals surface area contributed by atoms with Crippen molar-refractivity contribution >= 4 is 51.1 Å². The number of rotatable bonds is 28. The molecule has 440 valence electrons. The molecule has 12 N–H and O–H groups in total. The maximum Gasteiger partial charge on any atom is 0.469 e. The van der Waals surface area contributed by atoms with E-state index in [4.69, 9.17) is 87.6 Å². The van der Waals surface area contributed by atoms with E-state index in [1.54, 1.807) is 67.6 Å². The van der Waals surface area contributed by atoms with Crippen LogP contribution in [0.3, 0.4) is 0 Å². The number of phosphoric acid groups is 5. The van der Waals surface area contributed by atoms with E-state index in [9.17, 15) is 32.4 Å². The lowest BCUT2D eigenvalue weighted by Crippen LogP contribution is -2.06. The van der Waals surface area contributed by atoms with Crippen LogP contribution in [0.15, 0.2) is 133 Å². The molecule has 5 aromatic rings. The Bertz CT molecular complexity index is 2630. The number of benzene rings is 5. The second kappa shape index (κ2) is 38.1. The predicted molar refractivity (Wildman–Crippen MR) is 274 cm³/mol. The van der Waals surface area contributed by atoms with Gasteiger partial charge in [0.05, 0.1) is 50.8 Å². The normalized spacial score (nSPS) is 11.2. The summed E-state index contributed by atoms with van der Waals surface area (Å²) in [7, 11) is -22.1. The Morgan fingerprint density at radius 1 is 0.354 bits per heavy atom. The summed E-state index contributed by atoms with van der Waals surface area (Å²) in [5.41, 5.74) is 0.532. The lowest BCUT2D eigenvalue weighted by atomic mass is 10.2. The van der Waals surface area contributed by atoms with Crippen molar-refractivity contribution in [1.82, 2.24) is 0 Å². The zero-order valence-electron chi connectivity index (χ0n) is 41.4. The van der Waals surface area contributed by atoms with Crippen molar-refractivity contribution < 1.29 is 143 Å². The van der Waals surface area contributed by atoms with Crippen LogP contribution in [0.25, 0.3) is 0 Å². The molecule has 0 saturated carbocycles. The molecule has 0 saturated heterocycles. The van der Waals surface area contributed by atoms with Gasteiger partial charge >= 0.3 is 51.1 Å². The van der Waals surface area contributed by atoms with Crippen molar-refractivity contribution in [1.29, 1.82) is 0 Å². The number of aromatic carboxylic acids is 1. The predicted octanol–water partition coefficient (Wildman–Crippen LogP) is 5.45. The minimum atomic E-state index is -4.47. The SMILES string of the molecule is CCOC(=O)c1ccc(OCCOP(=O)(O)O)cc1.O=C(O)c1ccc(OCCOP(=O)(O)O)cc1.O=P(O)(O)OCCOc1ccc(O)cc1.O=P(O)(O)OCCOc1ccccc1.O=P(O)(O)OCCOc1ccccc1. The molecule has 0 aliphatic rings. The van der Waals surface area contributed by atoms with Crippen molar-refractivity contribution in [3.05, 3.63) is 145 Å². The molecule has 0 aromatic heterocycles. The smallest absolute Gasteiger partial charge is 0.469 e. The number of carboxylic acid groups (broad SMARTS) is 1. The van der Waals surface area contributed by atoms with Crippen molar-refractivity contribution in [2.75, 3.05) is 72.7 Å². The maximum absolute atomic E-state index is 11.4. The van der Waals surface area contributed by atoms with Gasteiger partial charge in [-0.3, -0.25) is 22.6 Å². The molecular formula is C44H59O30P5. The monoisotopic (exact) mass is 1220 g/mol. The van der Waals surface area contributed by atoms with E-state index in [1.807, 2.05) is 12.1 Å². The summed E-state index contributed by atoms with van der Waals surface area (Å²) < 4.78 is 103. The zero-order chi connectivity index (χ0) is 59.4. The first kappa shape index (κ1) is 71.4. The molecule has 0 atom stereocenters. The van der Waals surface area contributed by atoms with Gasteiger partial charge in [0.1, 0.15) is 67.5 Å². The van der Waals surface area contributed by atoms with Gasteiger partial charge in [0, 0.05) is 0 Å². The Kier molecular flexibility index (Phi) is 34.4. The molecule has 0 amide bonds. The molecule has 0 radical (unpaired) electrons. The second-order valence-electron chi connectivity index (χ2n) is 14.1. The van der Waals surface area contributed by atoms with E-state index in [1.165, 1.54) is 60.7 Å². The van der Waals surface area contributed by atoms with E-state index < -0.39 is 51.1 Å². The lowest BCUT2D eigenvalue weighted by Gasteiger charge is -2.08. The number of para-hydroxylation sites is 2. The third-order valence-corrected chi connectivity index (χ3v) is 10.4. The van der Waals surface area contributed by atoms with Gasteiger partial charge < -0.3 is 87.6 Å². The fourth-order valence-electron chi connectivity index (χ4n) is 4.75. The molecule has 0 spiro atoms. The van der Waals surface area contributed by atoms with Crippen molar-refractivity contribution in [3.8, 4) is 34.5 Å². The number of aromatic hydroxyl groups is 1. The van der Waals surface area contributed by atoms with Crippen LogP contribution >= 0.6 is 39.1 Å². The van der Waals surface area contributed by atoms with Crippen LogP contribution in [-0.2, 0) is 50.2 Å². The molecule has 0 fully saturated rings. The molecule has 5 rings (SSSR count). The van der Waals surface area contributed by atoms with Crippen molar-refractivity contribution in [2.24, 2.45) is 0 Å². The molecule has 0 bridgehead atoms. The third kappa shape index (κ3) is 42.9. The van der Waals surface area contributed by atoms with Gasteiger partial charge in [0.2, 0.25) is 0 Å². The lowest BCUT2D eigenvalue weighted by molar-refractivity contribution is 0.0525. The van der Waals surface area contributed by atoms with Crippen LogP contribution in [0.5, 0.6) is 34.5 Å². The molecule has 30 nitrogen and oxygen atoms in total. The number of carbonyl (C=O) groups excluding carboxylic acids is 1. The Morgan fingerprint density at radius 3 is 0.835 bits per heavy atom. The summed E-state index contributed by atoms with van der Waals surface area (Å²) in [6, 6.07) is 35.7. The Hall–Kier alpha value is -5.61. The van der Waals surface area contributed by atoms with Gasteiger partial charge in [-0.2, -0.15) is 0 Å². The number of hydrogen-bond acceptors (Lipinski definition) is 19. The van der Waals surface area contributed by atoms with Gasteiger partial charge in [0.15, 0.2) is 0 Å². The summed E-state index contributed by atoms with van der Waals surface area (Å²) in [6.07, 6.45) is 0. The first-order valence-electron chi connectivity index (χ1n) is 22.1. The molecule has 35 heteroatoms. The molecule has 79 heavy (non-hydrogen) atoms. The number of ether oxygens (including phenoxy) is 6. The number of phosphoric ester groups is 5. The molecule has 0 aliphatic carbocycles. The summed E-state index contributed by atoms with van der Waals surface area (Å²) in [5, 5.41) is 17.6. The van der Waals surface area contributed by atoms with Crippen LogP contribution in [0.4, 0.5) is 0 Å². The van der Waals surface area contributed by atoms with Crippen LogP contribution in [-0.4, -0.2) is 144 Å². The van der Waals surface area contributed by atoms with Crippen molar-refractivity contribution in [3.63, 3.8) is 0 Å². The average Bonchev–Trinajstić information content (AvgIpc) is 3.37. The number of carboxylic acids is 1. The van der Waals surface area contributed by atoms with Gasteiger partial charge in [-0.25, -0.2) is 32.4 Å². The standard InChI is InChI=1S/C11H15O7P.C9H11O7P.C8H11O6P.2C8H11O5P/c1-2-16-11(12)9-3-5-10(6-4-9)17-7-8-18-19(13,14)15;10-9(11)7-1-3-8(4-2-7)15-5-6-16-17(12,13)14;9-7-1-3-8(4-2-7)13-5-6-14-15(10,11)12;2*9-14(10,11)13-7-6-12-8-4-2-1-3-5-8/h3-6H,2,7-8H2,1H3,(H2,13,14,15);1-4H,5-6H2,(H,10,11)(H2,12,13,14);1-4,9H,5-6H2,(H2,10,11,12);2*1-5H,6-7H2,(H2,9,10,11). The fourth-order valence-corrected chi connectivity index (χ4v) is 6.31. The van der Waals surface area contributed by atoms with E-state index in [0.717, 1.165) is 0 Å². The van der Waals surface area contributed by atoms with E-state index in [0.29, 0.717) is 40.9 Å². The minimum Gasteiger partial charge on any atom is -0.508 e. The fraction of sp³-hybridized carbons (Fsp3) is 0.273. The number of carbonyl (C=O) groups is 2. The van der Waals surface area contributed by atoms with E-state index >= 15 is 0 Å². The highest BCUT2D eigenvalue weighted by atomic mass is 31.2. The highest BCUT2D eigenvalue weighted by Gasteiger charge is 2.16. The largest absolute Gasteiger partial charge is 0.508 e. The van der Waals surface area contributed by atoms with Gasteiger partial charge in [-0.05, 0) is 104 Å². The first-order valence-corrected chi connectivity index (χ1v) is 29.7. The second-order valence-corrected chi connectivity index (χ2v) is 20.3. The molecular weight excluding hydrogens is 1160 g/mol. The Balaban J connectivity index is 0.000000496. The molecule has 5 aromatic carbocycles. The van der Waals surface area contributed by atoms with Crippen LogP contribution in [0.2, 0.25) is 0 Å². The zero-order valence-corrected chi connectivity index (χ0v) is 45.9. The summed E-state index contributed by atoms with van der Waals surface area (Å²) in [5.74, 6) is 1.28. The average molecular weight is 1220 g/mol. The van der Waals surface area contributed by atoms with E-state index in [2.05, 4.69) is 22.6 Å². The van der Waals surface area contributed by atoms with Crippen molar-refractivity contribution in [2.45, 2.75) is 6.92 Å². The highest BCUT2D eigenvalue weighted by Crippen LogP contribution is 2.38. The summed E-state index contributed by atoms with van der Waals surface area (Å²) >= 11 is 0. The summed E-state index contributed by atoms with van der Waals surface area (Å²) in [4.78, 5) is 106.